The van der Waals surface area contributed by atoms with E-state index in [4.69, 9.17) is 9.84 Å². The van der Waals surface area contributed by atoms with Crippen molar-refractivity contribution in [2.45, 2.75) is 25.2 Å². The summed E-state index contributed by atoms with van der Waals surface area (Å²) < 4.78 is 19.7. The summed E-state index contributed by atoms with van der Waals surface area (Å²) in [6.45, 7) is 0. The van der Waals surface area contributed by atoms with Gasteiger partial charge in [-0.15, -0.1) is 0 Å². The number of methoxy groups -OCH3 is 1. The van der Waals surface area contributed by atoms with Crippen molar-refractivity contribution >= 4 is 21.9 Å². The summed E-state index contributed by atoms with van der Waals surface area (Å²) in [7, 11) is 1.47. The molecule has 1 unspecified atom stereocenters. The number of carboxylic acid groups (broad SMARTS) is 1. The fourth-order valence-electron chi connectivity index (χ4n) is 2.20. The van der Waals surface area contributed by atoms with Crippen LogP contribution in [0.15, 0.2) is 16.6 Å². The molecule has 0 amide bonds. The molecular weight excluding hydrogens is 303 g/mol. The molecule has 0 aromatic heterocycles. The topological polar surface area (TPSA) is 46.5 Å². The third-order valence-electron chi connectivity index (χ3n) is 3.26. The third-order valence-corrected chi connectivity index (χ3v) is 3.88. The molecule has 98 valence electrons. The molecule has 1 atom stereocenters. The number of halogens is 2. The van der Waals surface area contributed by atoms with E-state index in [1.165, 1.54) is 13.2 Å². The molecule has 0 radical (unpaired) electrons. The average Bonchev–Trinajstić information content (AvgIpc) is 3.12. The Morgan fingerprint density at radius 2 is 2.28 bits per heavy atom. The summed E-state index contributed by atoms with van der Waals surface area (Å²) >= 11 is 3.31. The van der Waals surface area contributed by atoms with Gasteiger partial charge in [0.15, 0.2) is 0 Å². The summed E-state index contributed by atoms with van der Waals surface area (Å²) in [5.41, 5.74) is 0.465. The first-order valence-corrected chi connectivity index (χ1v) is 6.57. The lowest BCUT2D eigenvalue weighted by Crippen LogP contribution is -2.10. The van der Waals surface area contributed by atoms with E-state index in [1.54, 1.807) is 6.07 Å². The predicted octanol–water partition coefficient (Wildman–Crippen LogP) is 3.57. The second-order valence-corrected chi connectivity index (χ2v) is 5.40. The van der Waals surface area contributed by atoms with Gasteiger partial charge in [-0.2, -0.15) is 0 Å². The van der Waals surface area contributed by atoms with E-state index in [0.29, 0.717) is 15.8 Å². The first-order chi connectivity index (χ1) is 8.52. The van der Waals surface area contributed by atoms with E-state index >= 15 is 0 Å². The molecule has 1 saturated carbocycles. The number of benzene rings is 1. The summed E-state index contributed by atoms with van der Waals surface area (Å²) in [6.07, 6.45) is 1.92. The number of aliphatic carboxylic acids is 1. The van der Waals surface area contributed by atoms with Crippen molar-refractivity contribution in [3.8, 4) is 5.75 Å². The van der Waals surface area contributed by atoms with Crippen LogP contribution in [0.2, 0.25) is 0 Å². The maximum absolute atomic E-state index is 14.0. The monoisotopic (exact) mass is 316 g/mol. The van der Waals surface area contributed by atoms with Crippen molar-refractivity contribution < 1.29 is 19.0 Å². The third kappa shape index (κ3) is 2.83. The van der Waals surface area contributed by atoms with E-state index < -0.39 is 11.8 Å². The Balaban J connectivity index is 2.35. The van der Waals surface area contributed by atoms with Crippen LogP contribution in [0, 0.1) is 11.7 Å². The van der Waals surface area contributed by atoms with Gasteiger partial charge in [0.1, 0.15) is 11.6 Å². The Morgan fingerprint density at radius 3 is 2.78 bits per heavy atom. The maximum Gasteiger partial charge on any atom is 0.303 e. The van der Waals surface area contributed by atoms with Crippen LogP contribution in [-0.4, -0.2) is 18.2 Å². The molecule has 3 nitrogen and oxygen atoms in total. The van der Waals surface area contributed by atoms with E-state index in [9.17, 15) is 9.18 Å². The standard InChI is InChI=1S/C13H14BrFO3/c1-18-12-6-11(15)9(4-10(12)14)8(5-13(16)17)7-2-3-7/h4,6-8H,2-3,5H2,1H3,(H,16,17). The highest BCUT2D eigenvalue weighted by Gasteiger charge is 2.35. The smallest absolute Gasteiger partial charge is 0.303 e. The molecule has 5 heteroatoms. The molecule has 0 spiro atoms. The molecule has 2 rings (SSSR count). The second kappa shape index (κ2) is 5.26. The Hall–Kier alpha value is -1.10. The van der Waals surface area contributed by atoms with Gasteiger partial charge in [0.2, 0.25) is 0 Å². The van der Waals surface area contributed by atoms with Crippen LogP contribution in [0.4, 0.5) is 4.39 Å². The number of hydrogen-bond acceptors (Lipinski definition) is 2. The van der Waals surface area contributed by atoms with Gasteiger partial charge in [-0.25, -0.2) is 4.39 Å². The molecule has 1 aromatic rings. The van der Waals surface area contributed by atoms with Gasteiger partial charge >= 0.3 is 5.97 Å². The molecule has 1 aliphatic carbocycles. The largest absolute Gasteiger partial charge is 0.495 e. The fraction of sp³-hybridized carbons (Fsp3) is 0.462. The van der Waals surface area contributed by atoms with Crippen LogP contribution < -0.4 is 4.74 Å². The van der Waals surface area contributed by atoms with Crippen molar-refractivity contribution in [1.82, 2.24) is 0 Å². The summed E-state index contributed by atoms with van der Waals surface area (Å²) in [5.74, 6) is -0.826. The molecule has 0 aliphatic heterocycles. The highest BCUT2D eigenvalue weighted by Crippen LogP contribution is 2.46. The molecule has 1 aliphatic rings. The van der Waals surface area contributed by atoms with Gasteiger partial charge in [0.05, 0.1) is 18.0 Å². The van der Waals surface area contributed by atoms with E-state index in [-0.39, 0.29) is 18.3 Å². The number of rotatable bonds is 5. The molecule has 0 heterocycles. The summed E-state index contributed by atoms with van der Waals surface area (Å²) in [4.78, 5) is 10.9. The highest BCUT2D eigenvalue weighted by molar-refractivity contribution is 9.10. The normalized spacial score (nSPS) is 16.4. The summed E-state index contributed by atoms with van der Waals surface area (Å²) in [5, 5.41) is 8.92. The van der Waals surface area contributed by atoms with Gasteiger partial charge in [-0.3, -0.25) is 4.79 Å². The molecule has 0 bridgehead atoms. The van der Waals surface area contributed by atoms with E-state index in [0.717, 1.165) is 12.8 Å². The molecule has 1 fully saturated rings. The van der Waals surface area contributed by atoms with Gasteiger partial charge < -0.3 is 9.84 Å². The number of hydrogen-bond donors (Lipinski definition) is 1. The van der Waals surface area contributed by atoms with Crippen molar-refractivity contribution in [2.24, 2.45) is 5.92 Å². The van der Waals surface area contributed by atoms with Crippen molar-refractivity contribution in [2.75, 3.05) is 7.11 Å². The van der Waals surface area contributed by atoms with Gasteiger partial charge in [0, 0.05) is 12.0 Å². The van der Waals surface area contributed by atoms with Crippen LogP contribution >= 0.6 is 15.9 Å². The first-order valence-electron chi connectivity index (χ1n) is 5.77. The summed E-state index contributed by atoms with van der Waals surface area (Å²) in [6, 6.07) is 2.94. The number of carboxylic acids is 1. The minimum Gasteiger partial charge on any atom is -0.495 e. The van der Waals surface area contributed by atoms with Crippen LogP contribution in [0.5, 0.6) is 5.75 Å². The van der Waals surface area contributed by atoms with Crippen molar-refractivity contribution in [1.29, 1.82) is 0 Å². The second-order valence-electron chi connectivity index (χ2n) is 4.55. The maximum atomic E-state index is 14.0. The Labute approximate surface area is 113 Å². The quantitative estimate of drug-likeness (QED) is 0.903. The lowest BCUT2D eigenvalue weighted by molar-refractivity contribution is -0.137. The van der Waals surface area contributed by atoms with Crippen molar-refractivity contribution in [3.05, 3.63) is 28.0 Å². The fourth-order valence-corrected chi connectivity index (χ4v) is 2.72. The zero-order valence-electron chi connectivity index (χ0n) is 9.95. The lowest BCUT2D eigenvalue weighted by atomic mass is 9.90. The predicted molar refractivity (Wildman–Crippen MR) is 68.4 cm³/mol. The van der Waals surface area contributed by atoms with Crippen LogP contribution in [0.3, 0.4) is 0 Å². The van der Waals surface area contributed by atoms with Gasteiger partial charge in [-0.1, -0.05) is 0 Å². The number of ether oxygens (including phenoxy) is 1. The van der Waals surface area contributed by atoms with Crippen LogP contribution in [-0.2, 0) is 4.79 Å². The number of carbonyl (C=O) groups is 1. The molecular formula is C13H14BrFO3. The first kappa shape index (κ1) is 13.3. The SMILES string of the molecule is COc1cc(F)c(C(CC(=O)O)C2CC2)cc1Br. The minimum absolute atomic E-state index is 0.0274. The van der Waals surface area contributed by atoms with Crippen LogP contribution in [0.25, 0.3) is 0 Å². The molecule has 18 heavy (non-hydrogen) atoms. The molecule has 0 saturated heterocycles. The van der Waals surface area contributed by atoms with E-state index in [1.807, 2.05) is 0 Å². The highest BCUT2D eigenvalue weighted by atomic mass is 79.9. The Morgan fingerprint density at radius 1 is 1.61 bits per heavy atom. The van der Waals surface area contributed by atoms with Crippen molar-refractivity contribution in [3.63, 3.8) is 0 Å². The molecule has 1 aromatic carbocycles. The minimum atomic E-state index is -0.891. The lowest BCUT2D eigenvalue weighted by Gasteiger charge is -2.17. The van der Waals surface area contributed by atoms with Gasteiger partial charge in [-0.05, 0) is 46.3 Å². The zero-order valence-corrected chi connectivity index (χ0v) is 11.5. The zero-order chi connectivity index (χ0) is 13.3. The van der Waals surface area contributed by atoms with Gasteiger partial charge in [0.25, 0.3) is 0 Å². The van der Waals surface area contributed by atoms with E-state index in [2.05, 4.69) is 15.9 Å². The Bertz CT molecular complexity index is 472. The molecule has 1 N–H and O–H groups in total. The van der Waals surface area contributed by atoms with Crippen LogP contribution in [0.1, 0.15) is 30.7 Å². The average molecular weight is 317 g/mol. The Kier molecular flexibility index (Phi) is 3.90.